The van der Waals surface area contributed by atoms with Gasteiger partial charge in [0.1, 0.15) is 23.8 Å². The quantitative estimate of drug-likeness (QED) is 0.399. The first kappa shape index (κ1) is 20.6. The molecule has 0 radical (unpaired) electrons. The first-order chi connectivity index (χ1) is 14.5. The fraction of sp³-hybridized carbons (Fsp3) is 0.0870. The summed E-state index contributed by atoms with van der Waals surface area (Å²) < 4.78 is 29.3. The van der Waals surface area contributed by atoms with Crippen molar-refractivity contribution in [3.05, 3.63) is 94.2 Å². The number of hydrogen-bond donors (Lipinski definition) is 2. The third-order valence-electron chi connectivity index (χ3n) is 4.76. The van der Waals surface area contributed by atoms with Crippen molar-refractivity contribution < 1.29 is 23.8 Å². The minimum absolute atomic E-state index is 0.238. The molecule has 0 saturated heterocycles. The maximum Gasteiger partial charge on any atom is 0.198 e. The second kappa shape index (κ2) is 8.57. The van der Waals surface area contributed by atoms with E-state index < -0.39 is 29.6 Å². The summed E-state index contributed by atoms with van der Waals surface area (Å²) in [5.41, 5.74) is 0.228. The second-order valence-electron chi connectivity index (χ2n) is 6.56. The van der Waals surface area contributed by atoms with E-state index in [0.29, 0.717) is 20.9 Å². The Morgan fingerprint density at radius 3 is 1.50 bits per heavy atom. The highest BCUT2D eigenvalue weighted by molar-refractivity contribution is 7.13. The van der Waals surface area contributed by atoms with Gasteiger partial charge in [-0.2, -0.15) is 0 Å². The fourth-order valence-electron chi connectivity index (χ4n) is 3.36. The van der Waals surface area contributed by atoms with Gasteiger partial charge < -0.3 is 10.2 Å². The Morgan fingerprint density at radius 2 is 1.13 bits per heavy atom. The molecule has 4 rings (SSSR count). The molecular weight excluding hydrogens is 426 g/mol. The van der Waals surface area contributed by atoms with Gasteiger partial charge >= 0.3 is 0 Å². The Hall–Kier alpha value is -2.71. The van der Waals surface area contributed by atoms with E-state index in [2.05, 4.69) is 0 Å². The molecule has 0 amide bonds. The largest absolute Gasteiger partial charge is 0.380 e. The zero-order valence-corrected chi connectivity index (χ0v) is 17.1. The van der Waals surface area contributed by atoms with E-state index in [4.69, 9.17) is 0 Å². The smallest absolute Gasteiger partial charge is 0.198 e. The third-order valence-corrected chi connectivity index (χ3v) is 6.57. The molecule has 0 bridgehead atoms. The number of ketones is 1. The number of aliphatic hydroxyl groups excluding tert-OH is 2. The number of benzene rings is 2. The lowest BCUT2D eigenvalue weighted by molar-refractivity contribution is -0.136. The molecule has 0 aliphatic heterocycles. The Kier molecular flexibility index (Phi) is 5.87. The van der Waals surface area contributed by atoms with Gasteiger partial charge in [-0.05, 0) is 35.0 Å². The van der Waals surface area contributed by atoms with Gasteiger partial charge in [0.05, 0.1) is 0 Å². The lowest BCUT2D eigenvalue weighted by Crippen LogP contribution is -2.23. The summed E-state index contributed by atoms with van der Waals surface area (Å²) in [4.78, 5) is 14.3. The SMILES string of the molecule is O=C(C(O)c1c(F)cccc1-c1cccs1)C(O)c1c(F)cccc1-c1cccs1. The van der Waals surface area contributed by atoms with Crippen LogP contribution in [0.15, 0.2) is 71.4 Å². The first-order valence-corrected chi connectivity index (χ1v) is 10.8. The lowest BCUT2D eigenvalue weighted by Gasteiger charge is -2.20. The van der Waals surface area contributed by atoms with Crippen molar-refractivity contribution in [1.29, 1.82) is 0 Å². The van der Waals surface area contributed by atoms with Crippen LogP contribution in [-0.2, 0) is 4.79 Å². The highest BCUT2D eigenvalue weighted by Crippen LogP contribution is 2.38. The summed E-state index contributed by atoms with van der Waals surface area (Å²) >= 11 is 2.65. The molecule has 2 aromatic carbocycles. The van der Waals surface area contributed by atoms with Gasteiger partial charge in [0.25, 0.3) is 0 Å². The van der Waals surface area contributed by atoms with Crippen LogP contribution in [0.5, 0.6) is 0 Å². The lowest BCUT2D eigenvalue weighted by atomic mass is 9.91. The minimum Gasteiger partial charge on any atom is -0.380 e. The molecule has 0 spiro atoms. The van der Waals surface area contributed by atoms with Gasteiger partial charge in [-0.1, -0.05) is 36.4 Å². The topological polar surface area (TPSA) is 57.5 Å². The molecule has 3 nitrogen and oxygen atoms in total. The predicted octanol–water partition coefficient (Wildman–Crippen LogP) is 5.76. The van der Waals surface area contributed by atoms with E-state index in [-0.39, 0.29) is 11.1 Å². The van der Waals surface area contributed by atoms with Crippen LogP contribution in [0.2, 0.25) is 0 Å². The number of carbonyl (C=O) groups is 1. The highest BCUT2D eigenvalue weighted by atomic mass is 32.1. The van der Waals surface area contributed by atoms with Gasteiger partial charge in [0.15, 0.2) is 5.78 Å². The van der Waals surface area contributed by atoms with Crippen molar-refractivity contribution in [1.82, 2.24) is 0 Å². The van der Waals surface area contributed by atoms with E-state index in [1.807, 2.05) is 0 Å². The van der Waals surface area contributed by atoms with Crippen molar-refractivity contribution in [2.45, 2.75) is 12.2 Å². The van der Waals surface area contributed by atoms with Crippen molar-refractivity contribution in [3.63, 3.8) is 0 Å². The Morgan fingerprint density at radius 1 is 0.700 bits per heavy atom. The monoisotopic (exact) mass is 442 g/mol. The molecule has 30 heavy (non-hydrogen) atoms. The summed E-state index contributed by atoms with van der Waals surface area (Å²) in [5.74, 6) is -2.65. The van der Waals surface area contributed by atoms with Crippen molar-refractivity contribution >= 4 is 28.5 Å². The summed E-state index contributed by atoms with van der Waals surface area (Å²) in [6.45, 7) is 0. The summed E-state index contributed by atoms with van der Waals surface area (Å²) in [6, 6.07) is 15.4. The minimum atomic E-state index is -1.96. The Bertz CT molecular complexity index is 1080. The second-order valence-corrected chi connectivity index (χ2v) is 8.46. The van der Waals surface area contributed by atoms with Crippen LogP contribution in [0.4, 0.5) is 8.78 Å². The average molecular weight is 443 g/mol. The van der Waals surface area contributed by atoms with Crippen LogP contribution in [-0.4, -0.2) is 16.0 Å². The normalized spacial score (nSPS) is 13.2. The number of rotatable bonds is 6. The number of aliphatic hydroxyl groups is 2. The van der Waals surface area contributed by atoms with Gasteiger partial charge in [-0.3, -0.25) is 4.79 Å². The number of thiophene rings is 2. The van der Waals surface area contributed by atoms with E-state index in [9.17, 15) is 23.8 Å². The van der Waals surface area contributed by atoms with Gasteiger partial charge in [0, 0.05) is 32.0 Å². The molecule has 0 fully saturated rings. The Balaban J connectivity index is 1.76. The molecule has 4 aromatic rings. The molecule has 0 aliphatic carbocycles. The van der Waals surface area contributed by atoms with Gasteiger partial charge in [0.2, 0.25) is 0 Å². The third kappa shape index (κ3) is 3.73. The first-order valence-electron chi connectivity index (χ1n) is 9.03. The van der Waals surface area contributed by atoms with Crippen LogP contribution in [0.1, 0.15) is 23.3 Å². The molecule has 0 saturated carbocycles. The van der Waals surface area contributed by atoms with Crippen molar-refractivity contribution in [2.75, 3.05) is 0 Å². The maximum atomic E-state index is 14.6. The molecule has 2 N–H and O–H groups in total. The number of carbonyl (C=O) groups excluding carboxylic acids is 1. The van der Waals surface area contributed by atoms with Crippen LogP contribution >= 0.6 is 22.7 Å². The van der Waals surface area contributed by atoms with Crippen LogP contribution in [0, 0.1) is 11.6 Å². The standard InChI is InChI=1S/C23H16F2O3S2/c24-15-7-1-5-13(17-9-3-11-29-17)19(15)21(26)23(28)22(27)20-14(6-2-8-16(20)25)18-10-4-12-30-18/h1-12,21-22,26-27H. The van der Waals surface area contributed by atoms with E-state index in [1.165, 1.54) is 34.8 Å². The summed E-state index contributed by atoms with van der Waals surface area (Å²) in [7, 11) is 0. The maximum absolute atomic E-state index is 14.6. The Labute approximate surface area is 179 Å². The highest BCUT2D eigenvalue weighted by Gasteiger charge is 2.33. The zero-order valence-electron chi connectivity index (χ0n) is 15.5. The van der Waals surface area contributed by atoms with E-state index in [1.54, 1.807) is 47.2 Å². The molecule has 2 heterocycles. The molecule has 2 unspecified atom stereocenters. The predicted molar refractivity (Wildman–Crippen MR) is 114 cm³/mol. The van der Waals surface area contributed by atoms with Crippen LogP contribution in [0.3, 0.4) is 0 Å². The van der Waals surface area contributed by atoms with Gasteiger partial charge in [-0.25, -0.2) is 8.78 Å². The van der Waals surface area contributed by atoms with E-state index >= 15 is 0 Å². The molecular formula is C23H16F2O3S2. The molecule has 2 aromatic heterocycles. The summed E-state index contributed by atoms with van der Waals surface area (Å²) in [6.07, 6.45) is -3.93. The fourth-order valence-corrected chi connectivity index (χ4v) is 4.89. The van der Waals surface area contributed by atoms with Crippen molar-refractivity contribution in [3.8, 4) is 20.9 Å². The van der Waals surface area contributed by atoms with Gasteiger partial charge in [-0.15, -0.1) is 22.7 Å². The molecule has 7 heteroatoms. The number of Topliss-reactive ketones (excluding diaryl/α,β-unsaturated/α-hetero) is 1. The molecule has 152 valence electrons. The van der Waals surface area contributed by atoms with E-state index in [0.717, 1.165) is 12.1 Å². The molecule has 2 atom stereocenters. The number of halogens is 2. The van der Waals surface area contributed by atoms with Crippen LogP contribution < -0.4 is 0 Å². The van der Waals surface area contributed by atoms with Crippen molar-refractivity contribution in [2.24, 2.45) is 0 Å². The molecule has 0 aliphatic rings. The summed E-state index contributed by atoms with van der Waals surface area (Å²) in [5, 5.41) is 25.0. The average Bonchev–Trinajstić information content (AvgIpc) is 3.46. The number of hydrogen-bond acceptors (Lipinski definition) is 5. The zero-order chi connectivity index (χ0) is 21.3. The van der Waals surface area contributed by atoms with Crippen LogP contribution in [0.25, 0.3) is 20.9 Å².